The van der Waals surface area contributed by atoms with E-state index in [2.05, 4.69) is 10.5 Å². The van der Waals surface area contributed by atoms with Crippen molar-refractivity contribution in [2.75, 3.05) is 18.4 Å². The molecule has 1 aliphatic heterocycles. The molecule has 0 bridgehead atoms. The lowest BCUT2D eigenvalue weighted by Gasteiger charge is -2.31. The second-order valence-corrected chi connectivity index (χ2v) is 11.1. The Morgan fingerprint density at radius 2 is 1.77 bits per heavy atom. The van der Waals surface area contributed by atoms with Gasteiger partial charge in [0.1, 0.15) is 5.69 Å². The van der Waals surface area contributed by atoms with Gasteiger partial charge in [-0.1, -0.05) is 52.7 Å². The lowest BCUT2D eigenvalue weighted by atomic mass is 9.98. The zero-order valence-corrected chi connectivity index (χ0v) is 21.4. The van der Waals surface area contributed by atoms with Crippen LogP contribution in [-0.2, 0) is 14.8 Å². The van der Waals surface area contributed by atoms with E-state index in [4.69, 9.17) is 4.52 Å². The first-order valence-electron chi connectivity index (χ1n) is 11.7. The Hall–Kier alpha value is -3.23. The number of hydrogen-bond acceptors (Lipinski definition) is 5. The molecule has 0 saturated carbocycles. The van der Waals surface area contributed by atoms with Crippen LogP contribution in [-0.4, -0.2) is 36.9 Å². The summed E-state index contributed by atoms with van der Waals surface area (Å²) in [5, 5.41) is 6.85. The first-order chi connectivity index (χ1) is 16.6. The molecule has 0 aliphatic carbocycles. The van der Waals surface area contributed by atoms with Gasteiger partial charge in [0.2, 0.25) is 15.9 Å². The van der Waals surface area contributed by atoms with Crippen molar-refractivity contribution in [3.63, 3.8) is 0 Å². The highest BCUT2D eigenvalue weighted by atomic mass is 32.2. The molecule has 1 saturated heterocycles. The number of nitrogens with zero attached hydrogens (tertiary/aromatic N) is 2. The number of carbonyl (C=O) groups is 1. The number of sulfonamides is 1. The number of piperidine rings is 1. The van der Waals surface area contributed by atoms with Crippen LogP contribution in [0.25, 0.3) is 12.2 Å². The zero-order valence-electron chi connectivity index (χ0n) is 20.5. The molecule has 2 heterocycles. The molecule has 8 heteroatoms. The molecule has 0 unspecified atom stereocenters. The molecule has 1 atom stereocenters. The van der Waals surface area contributed by atoms with E-state index in [9.17, 15) is 13.2 Å². The van der Waals surface area contributed by atoms with Gasteiger partial charge in [0.25, 0.3) is 0 Å². The molecule has 4 rings (SSSR count). The van der Waals surface area contributed by atoms with Crippen LogP contribution >= 0.6 is 0 Å². The summed E-state index contributed by atoms with van der Waals surface area (Å²) in [6, 6.07) is 13.6. The number of carbonyl (C=O) groups excluding carboxylic acids is 1. The fourth-order valence-electron chi connectivity index (χ4n) is 4.29. The predicted molar refractivity (Wildman–Crippen MR) is 137 cm³/mol. The fraction of sp³-hybridized carbons (Fsp3) is 0.333. The van der Waals surface area contributed by atoms with Gasteiger partial charge in [-0.3, -0.25) is 4.79 Å². The molecule has 184 valence electrons. The maximum Gasteiger partial charge on any atom is 0.248 e. The average Bonchev–Trinajstić information content (AvgIpc) is 3.22. The first-order valence-corrected chi connectivity index (χ1v) is 13.2. The van der Waals surface area contributed by atoms with Crippen molar-refractivity contribution in [3.05, 3.63) is 76.2 Å². The summed E-state index contributed by atoms with van der Waals surface area (Å²) in [7, 11) is -3.90. The predicted octanol–water partition coefficient (Wildman–Crippen LogP) is 5.12. The average molecular weight is 494 g/mol. The van der Waals surface area contributed by atoms with Gasteiger partial charge in [-0.15, -0.1) is 0 Å². The molecule has 35 heavy (non-hydrogen) atoms. The number of amides is 1. The van der Waals surface area contributed by atoms with E-state index in [1.54, 1.807) is 13.0 Å². The summed E-state index contributed by atoms with van der Waals surface area (Å²) in [5.41, 5.74) is 5.27. The Labute approximate surface area is 206 Å². The lowest BCUT2D eigenvalue weighted by Crippen LogP contribution is -2.43. The molecular weight excluding hydrogens is 462 g/mol. The van der Waals surface area contributed by atoms with Crippen molar-refractivity contribution in [2.24, 2.45) is 5.92 Å². The van der Waals surface area contributed by atoms with Crippen LogP contribution in [0.4, 0.5) is 5.69 Å². The Balaban J connectivity index is 1.55. The van der Waals surface area contributed by atoms with Crippen molar-refractivity contribution in [1.29, 1.82) is 0 Å². The summed E-state index contributed by atoms with van der Waals surface area (Å²) < 4.78 is 34.1. The van der Waals surface area contributed by atoms with Crippen LogP contribution in [0.1, 0.15) is 46.5 Å². The summed E-state index contributed by atoms with van der Waals surface area (Å²) in [6.07, 6.45) is 4.73. The minimum atomic E-state index is -3.90. The highest BCUT2D eigenvalue weighted by Crippen LogP contribution is 2.30. The number of aromatic nitrogens is 1. The summed E-state index contributed by atoms with van der Waals surface area (Å²) >= 11 is 0. The zero-order chi connectivity index (χ0) is 25.2. The number of rotatable bonds is 6. The van der Waals surface area contributed by atoms with E-state index >= 15 is 0 Å². The molecule has 0 radical (unpaired) electrons. The molecule has 7 nitrogen and oxygen atoms in total. The highest BCUT2D eigenvalue weighted by molar-refractivity contribution is 7.89. The van der Waals surface area contributed by atoms with E-state index in [1.807, 2.05) is 69.3 Å². The molecule has 2 aromatic carbocycles. The third-order valence-electron chi connectivity index (χ3n) is 6.35. The number of aryl methyl sites for hydroxylation is 4. The summed E-state index contributed by atoms with van der Waals surface area (Å²) in [4.78, 5) is 12.9. The molecule has 3 aromatic rings. The van der Waals surface area contributed by atoms with E-state index < -0.39 is 15.9 Å². The van der Waals surface area contributed by atoms with Gasteiger partial charge in [0, 0.05) is 18.8 Å². The van der Waals surface area contributed by atoms with Crippen molar-refractivity contribution < 1.29 is 17.7 Å². The van der Waals surface area contributed by atoms with Crippen LogP contribution in [0.3, 0.4) is 0 Å². The van der Waals surface area contributed by atoms with Crippen LogP contribution in [0.2, 0.25) is 0 Å². The van der Waals surface area contributed by atoms with Crippen LogP contribution < -0.4 is 5.32 Å². The first kappa shape index (κ1) is 24.9. The maximum atomic E-state index is 13.6. The van der Waals surface area contributed by atoms with E-state index in [0.717, 1.165) is 22.3 Å². The minimum absolute atomic E-state index is 0.0543. The molecular formula is C27H31N3O4S. The third kappa shape index (κ3) is 5.55. The smallest absolute Gasteiger partial charge is 0.248 e. The monoisotopic (exact) mass is 493 g/mol. The SMILES string of the molecule is Cc1ccc(NC(=O)[C@H]2CCCN(S(=O)(=O)c3c(C)noc3/C=C/c3cc(C)ccc3C)C2)cc1. The number of anilines is 1. The molecule has 1 aromatic heterocycles. The number of nitrogens with one attached hydrogen (secondary N) is 1. The lowest BCUT2D eigenvalue weighted by molar-refractivity contribution is -0.120. The maximum absolute atomic E-state index is 13.6. The van der Waals surface area contributed by atoms with Gasteiger partial charge in [-0.05, 0) is 69.9 Å². The van der Waals surface area contributed by atoms with Crippen molar-refractivity contribution in [2.45, 2.75) is 45.4 Å². The van der Waals surface area contributed by atoms with E-state index in [1.165, 1.54) is 4.31 Å². The Bertz CT molecular complexity index is 1360. The van der Waals surface area contributed by atoms with Gasteiger partial charge in [0.05, 0.1) is 5.92 Å². The Kier molecular flexibility index (Phi) is 7.23. The Morgan fingerprint density at radius 3 is 2.51 bits per heavy atom. The standard InChI is InChI=1S/C27H31N3O4S/c1-18-8-12-24(13-9-18)28-27(31)23-6-5-15-30(17-23)35(32,33)26-21(4)29-34-25(26)14-11-22-16-19(2)7-10-20(22)3/h7-14,16,23H,5-6,15,17H2,1-4H3,(H,28,31)/b14-11+/t23-/m0/s1. The topological polar surface area (TPSA) is 92.5 Å². The Morgan fingerprint density at radius 1 is 1.06 bits per heavy atom. The second kappa shape index (κ2) is 10.2. The van der Waals surface area contributed by atoms with Gasteiger partial charge < -0.3 is 9.84 Å². The van der Waals surface area contributed by atoms with Crippen LogP contribution in [0, 0.1) is 33.6 Å². The van der Waals surface area contributed by atoms with Gasteiger partial charge >= 0.3 is 0 Å². The molecule has 1 N–H and O–H groups in total. The number of hydrogen-bond donors (Lipinski definition) is 1. The summed E-state index contributed by atoms with van der Waals surface area (Å²) in [6.45, 7) is 8.07. The summed E-state index contributed by atoms with van der Waals surface area (Å²) in [5.74, 6) is -0.422. The molecule has 0 spiro atoms. The van der Waals surface area contributed by atoms with Gasteiger partial charge in [0.15, 0.2) is 10.7 Å². The molecule has 1 fully saturated rings. The quantitative estimate of drug-likeness (QED) is 0.515. The largest absolute Gasteiger partial charge is 0.355 e. The van der Waals surface area contributed by atoms with Crippen molar-refractivity contribution >= 4 is 33.8 Å². The van der Waals surface area contributed by atoms with Crippen LogP contribution in [0.15, 0.2) is 51.9 Å². The van der Waals surface area contributed by atoms with Crippen molar-refractivity contribution in [1.82, 2.24) is 9.46 Å². The normalized spacial score (nSPS) is 17.1. The third-order valence-corrected chi connectivity index (χ3v) is 8.38. The fourth-order valence-corrected chi connectivity index (χ4v) is 6.06. The number of benzene rings is 2. The van der Waals surface area contributed by atoms with Gasteiger partial charge in [-0.25, -0.2) is 8.42 Å². The second-order valence-electron chi connectivity index (χ2n) is 9.21. The minimum Gasteiger partial charge on any atom is -0.355 e. The van der Waals surface area contributed by atoms with Gasteiger partial charge in [-0.2, -0.15) is 4.31 Å². The molecule has 1 amide bonds. The van der Waals surface area contributed by atoms with Crippen LogP contribution in [0.5, 0.6) is 0 Å². The van der Waals surface area contributed by atoms with Crippen molar-refractivity contribution in [3.8, 4) is 0 Å². The van der Waals surface area contributed by atoms with E-state index in [0.29, 0.717) is 30.8 Å². The molecule has 1 aliphatic rings. The highest BCUT2D eigenvalue weighted by Gasteiger charge is 2.37. The van der Waals surface area contributed by atoms with E-state index in [-0.39, 0.29) is 23.1 Å².